The van der Waals surface area contributed by atoms with Crippen LogP contribution in [0.15, 0.2) is 42.5 Å². The lowest BCUT2D eigenvalue weighted by atomic mass is 9.89. The smallest absolute Gasteiger partial charge is 0.335 e. The highest BCUT2D eigenvalue weighted by atomic mass is 35.5. The van der Waals surface area contributed by atoms with Gasteiger partial charge in [-0.25, -0.2) is 9.18 Å². The fourth-order valence-corrected chi connectivity index (χ4v) is 3.35. The molecule has 1 amide bonds. The molecule has 0 aliphatic carbocycles. The van der Waals surface area contributed by atoms with Crippen molar-refractivity contribution in [2.45, 2.75) is 18.8 Å². The van der Waals surface area contributed by atoms with Gasteiger partial charge in [0.2, 0.25) is 0 Å². The first-order valence-electron chi connectivity index (χ1n) is 8.03. The molecule has 3 rings (SSSR count). The van der Waals surface area contributed by atoms with Crippen LogP contribution in [0.5, 0.6) is 0 Å². The van der Waals surface area contributed by atoms with Gasteiger partial charge in [0, 0.05) is 24.0 Å². The van der Waals surface area contributed by atoms with Crippen LogP contribution < -0.4 is 0 Å². The topological polar surface area (TPSA) is 57.6 Å². The summed E-state index contributed by atoms with van der Waals surface area (Å²) in [5, 5.41) is 9.38. The van der Waals surface area contributed by atoms with Gasteiger partial charge in [-0.15, -0.1) is 0 Å². The first kappa shape index (κ1) is 17.4. The summed E-state index contributed by atoms with van der Waals surface area (Å²) in [7, 11) is 0. The van der Waals surface area contributed by atoms with E-state index >= 15 is 0 Å². The molecule has 2 aromatic carbocycles. The molecular formula is C19H17ClFNO3. The Kier molecular flexibility index (Phi) is 5.04. The number of carboxylic acid groups (broad SMARTS) is 1. The Morgan fingerprint density at radius 2 is 2.00 bits per heavy atom. The van der Waals surface area contributed by atoms with Gasteiger partial charge < -0.3 is 10.0 Å². The van der Waals surface area contributed by atoms with E-state index in [2.05, 4.69) is 0 Å². The second-order valence-corrected chi connectivity index (χ2v) is 6.58. The molecule has 1 N–H and O–H groups in total. The van der Waals surface area contributed by atoms with Crippen molar-refractivity contribution < 1.29 is 19.1 Å². The molecule has 0 aromatic heterocycles. The Labute approximate surface area is 149 Å². The molecule has 0 spiro atoms. The average Bonchev–Trinajstić information content (AvgIpc) is 2.61. The summed E-state index contributed by atoms with van der Waals surface area (Å²) < 4.78 is 14.0. The van der Waals surface area contributed by atoms with Crippen molar-refractivity contribution in [3.8, 4) is 0 Å². The van der Waals surface area contributed by atoms with Gasteiger partial charge in [-0.2, -0.15) is 0 Å². The number of piperidine rings is 1. The summed E-state index contributed by atoms with van der Waals surface area (Å²) in [6.07, 6.45) is 1.64. The molecule has 1 atom stereocenters. The summed E-state index contributed by atoms with van der Waals surface area (Å²) in [4.78, 5) is 25.4. The van der Waals surface area contributed by atoms with E-state index in [1.165, 1.54) is 12.1 Å². The van der Waals surface area contributed by atoms with Gasteiger partial charge in [-0.05, 0) is 48.7 Å². The van der Waals surface area contributed by atoms with Crippen molar-refractivity contribution in [1.82, 2.24) is 4.90 Å². The Bertz CT molecular complexity index is 824. The van der Waals surface area contributed by atoms with Crippen molar-refractivity contribution in [1.29, 1.82) is 0 Å². The Hall–Kier alpha value is -2.40. The second kappa shape index (κ2) is 7.23. The third-order valence-electron chi connectivity index (χ3n) is 4.48. The summed E-state index contributed by atoms with van der Waals surface area (Å²) in [6.45, 7) is 0.986. The van der Waals surface area contributed by atoms with Crippen molar-refractivity contribution in [3.05, 3.63) is 70.0 Å². The molecule has 1 aliphatic heterocycles. The lowest BCUT2D eigenvalue weighted by Gasteiger charge is -2.33. The molecule has 0 saturated carbocycles. The molecule has 1 saturated heterocycles. The van der Waals surface area contributed by atoms with E-state index in [-0.39, 0.29) is 28.0 Å². The minimum absolute atomic E-state index is 0.00402. The van der Waals surface area contributed by atoms with E-state index in [4.69, 9.17) is 16.7 Å². The van der Waals surface area contributed by atoms with Gasteiger partial charge in [0.1, 0.15) is 5.82 Å². The highest BCUT2D eigenvalue weighted by Gasteiger charge is 2.27. The molecule has 1 heterocycles. The Balaban J connectivity index is 1.80. The first-order valence-corrected chi connectivity index (χ1v) is 8.41. The summed E-state index contributed by atoms with van der Waals surface area (Å²) >= 11 is 5.74. The van der Waals surface area contributed by atoms with Crippen LogP contribution >= 0.6 is 11.6 Å². The molecule has 0 unspecified atom stereocenters. The van der Waals surface area contributed by atoms with Crippen LogP contribution in [-0.4, -0.2) is 35.0 Å². The van der Waals surface area contributed by atoms with E-state index in [1.54, 1.807) is 23.1 Å². The van der Waals surface area contributed by atoms with E-state index in [0.717, 1.165) is 24.5 Å². The zero-order valence-electron chi connectivity index (χ0n) is 13.4. The molecule has 2 aromatic rings. The van der Waals surface area contributed by atoms with Crippen molar-refractivity contribution in [3.63, 3.8) is 0 Å². The molecule has 130 valence electrons. The predicted molar refractivity (Wildman–Crippen MR) is 92.7 cm³/mol. The van der Waals surface area contributed by atoms with Gasteiger partial charge in [0.25, 0.3) is 5.91 Å². The third-order valence-corrected chi connectivity index (χ3v) is 4.71. The van der Waals surface area contributed by atoms with E-state index in [0.29, 0.717) is 13.1 Å². The number of aromatic carboxylic acids is 1. The second-order valence-electron chi connectivity index (χ2n) is 6.15. The zero-order valence-corrected chi connectivity index (χ0v) is 14.2. The van der Waals surface area contributed by atoms with Crippen molar-refractivity contribution in [2.75, 3.05) is 13.1 Å². The normalized spacial score (nSPS) is 17.4. The number of carbonyl (C=O) groups excluding carboxylic acids is 1. The number of likely N-dealkylation sites (tertiary alicyclic amines) is 1. The lowest BCUT2D eigenvalue weighted by Crippen LogP contribution is -2.39. The van der Waals surface area contributed by atoms with Crippen LogP contribution in [0.3, 0.4) is 0 Å². The van der Waals surface area contributed by atoms with E-state index in [1.807, 2.05) is 6.07 Å². The number of amides is 1. The Morgan fingerprint density at radius 1 is 1.20 bits per heavy atom. The molecule has 4 nitrogen and oxygen atoms in total. The van der Waals surface area contributed by atoms with Gasteiger partial charge in [-0.1, -0.05) is 23.7 Å². The maximum atomic E-state index is 14.0. The van der Waals surface area contributed by atoms with Crippen LogP contribution in [0.1, 0.15) is 45.0 Å². The maximum Gasteiger partial charge on any atom is 0.335 e. The molecule has 6 heteroatoms. The van der Waals surface area contributed by atoms with E-state index in [9.17, 15) is 14.0 Å². The number of halogens is 2. The number of rotatable bonds is 3. The first-order chi connectivity index (χ1) is 12.0. The van der Waals surface area contributed by atoms with Gasteiger partial charge in [-0.3, -0.25) is 4.79 Å². The number of nitrogens with zero attached hydrogens (tertiary/aromatic N) is 1. The van der Waals surface area contributed by atoms with Crippen LogP contribution in [0.2, 0.25) is 5.02 Å². The number of benzene rings is 2. The quantitative estimate of drug-likeness (QED) is 0.891. The molecule has 1 aliphatic rings. The average molecular weight is 362 g/mol. The minimum atomic E-state index is -0.978. The maximum absolute atomic E-state index is 14.0. The standard InChI is InChI=1S/C19H17ClFNO3/c20-15-6-7-16(17(21)10-15)18(23)22-8-2-5-14(11-22)12-3-1-4-13(9-12)19(24)25/h1,3-4,6-7,9-10,14H,2,5,8,11H2,(H,24,25)/t14-/m1/s1. The minimum Gasteiger partial charge on any atom is -0.478 e. The largest absolute Gasteiger partial charge is 0.478 e. The van der Waals surface area contributed by atoms with Crippen LogP contribution in [0.4, 0.5) is 4.39 Å². The van der Waals surface area contributed by atoms with Gasteiger partial charge in [0.15, 0.2) is 0 Å². The van der Waals surface area contributed by atoms with E-state index < -0.39 is 11.8 Å². The Morgan fingerprint density at radius 3 is 2.72 bits per heavy atom. The highest BCUT2D eigenvalue weighted by Crippen LogP contribution is 2.29. The zero-order chi connectivity index (χ0) is 18.0. The van der Waals surface area contributed by atoms with Crippen LogP contribution in [0.25, 0.3) is 0 Å². The molecule has 1 fully saturated rings. The fraction of sp³-hybridized carbons (Fsp3) is 0.263. The SMILES string of the molecule is O=C(O)c1cccc([C@@H]2CCCN(C(=O)c3ccc(Cl)cc3F)C2)c1. The molecule has 25 heavy (non-hydrogen) atoms. The number of hydrogen-bond donors (Lipinski definition) is 1. The summed E-state index contributed by atoms with van der Waals surface area (Å²) in [5.74, 6) is -1.94. The van der Waals surface area contributed by atoms with Crippen molar-refractivity contribution in [2.24, 2.45) is 0 Å². The molecular weight excluding hydrogens is 345 g/mol. The summed E-state index contributed by atoms with van der Waals surface area (Å²) in [5.41, 5.74) is 1.11. The predicted octanol–water partition coefficient (Wildman–Crippen LogP) is 4.20. The van der Waals surface area contributed by atoms with Crippen LogP contribution in [-0.2, 0) is 0 Å². The van der Waals surface area contributed by atoms with Crippen LogP contribution in [0, 0.1) is 5.82 Å². The third kappa shape index (κ3) is 3.82. The lowest BCUT2D eigenvalue weighted by molar-refractivity contribution is 0.0686. The molecule has 0 bridgehead atoms. The fourth-order valence-electron chi connectivity index (χ4n) is 3.19. The highest BCUT2D eigenvalue weighted by molar-refractivity contribution is 6.30. The number of carboxylic acids is 1. The number of carbonyl (C=O) groups is 2. The molecule has 0 radical (unpaired) electrons. The van der Waals surface area contributed by atoms with Gasteiger partial charge in [0.05, 0.1) is 11.1 Å². The van der Waals surface area contributed by atoms with Crippen molar-refractivity contribution >= 4 is 23.5 Å². The summed E-state index contributed by atoms with van der Waals surface area (Å²) in [6, 6.07) is 10.8. The monoisotopic (exact) mass is 361 g/mol. The van der Waals surface area contributed by atoms with Gasteiger partial charge >= 0.3 is 5.97 Å². The number of hydrogen-bond acceptors (Lipinski definition) is 2.